The van der Waals surface area contributed by atoms with Crippen molar-refractivity contribution in [3.8, 4) is 0 Å². The smallest absolute Gasteiger partial charge is 0.347 e. The Morgan fingerprint density at radius 2 is 1.83 bits per heavy atom. The van der Waals surface area contributed by atoms with Crippen LogP contribution in [0.4, 0.5) is 8.78 Å². The van der Waals surface area contributed by atoms with Crippen LogP contribution >= 0.6 is 11.3 Å². The van der Waals surface area contributed by atoms with Crippen molar-refractivity contribution in [3.05, 3.63) is 51.0 Å². The van der Waals surface area contributed by atoms with Crippen LogP contribution < -0.4 is 5.32 Å². The number of carboxylic acids is 1. The van der Waals surface area contributed by atoms with Gasteiger partial charge in [-0.2, -0.15) is 0 Å². The number of nitrogens with one attached hydrogen (secondary N) is 1. The van der Waals surface area contributed by atoms with Gasteiger partial charge in [-0.1, -0.05) is 6.07 Å². The van der Waals surface area contributed by atoms with E-state index in [9.17, 15) is 18.4 Å². The lowest BCUT2D eigenvalue weighted by Crippen LogP contribution is -2.31. The van der Waals surface area contributed by atoms with Crippen molar-refractivity contribution >= 4 is 23.2 Å². The Morgan fingerprint density at radius 1 is 1.25 bits per heavy atom. The fourth-order valence-corrected chi connectivity index (χ4v) is 3.16. The van der Waals surface area contributed by atoms with Crippen LogP contribution in [0.5, 0.6) is 0 Å². The monoisotopic (exact) mass is 354 g/mol. The summed E-state index contributed by atoms with van der Waals surface area (Å²) in [5, 5.41) is 12.1. The molecule has 0 bridgehead atoms. The molecule has 0 saturated carbocycles. The van der Waals surface area contributed by atoms with Crippen LogP contribution in [0.1, 0.15) is 51.7 Å². The number of carbonyl (C=O) groups is 2. The summed E-state index contributed by atoms with van der Waals surface area (Å²) in [5.74, 6) is -4.27. The molecule has 2 rings (SSSR count). The Kier molecular flexibility index (Phi) is 5.28. The van der Waals surface area contributed by atoms with Gasteiger partial charge in [0.2, 0.25) is 5.91 Å². The van der Waals surface area contributed by atoms with E-state index in [4.69, 9.17) is 5.11 Å². The molecular formula is C16H16F2N2O3S. The molecule has 128 valence electrons. The van der Waals surface area contributed by atoms with E-state index in [0.717, 1.165) is 23.5 Å². The van der Waals surface area contributed by atoms with Gasteiger partial charge in [0.15, 0.2) is 0 Å². The van der Waals surface area contributed by atoms with Gasteiger partial charge in [0, 0.05) is 5.56 Å². The highest BCUT2D eigenvalue weighted by atomic mass is 32.1. The molecule has 1 aromatic carbocycles. The number of hydrogen-bond donors (Lipinski definition) is 2. The van der Waals surface area contributed by atoms with E-state index in [0.29, 0.717) is 10.7 Å². The fraction of sp³-hybridized carbons (Fsp3) is 0.312. The first-order valence-corrected chi connectivity index (χ1v) is 7.99. The maximum Gasteiger partial charge on any atom is 0.347 e. The number of amides is 1. The third kappa shape index (κ3) is 3.59. The molecular weight excluding hydrogens is 338 g/mol. The summed E-state index contributed by atoms with van der Waals surface area (Å²) < 4.78 is 27.5. The molecule has 0 fully saturated rings. The number of aromatic nitrogens is 1. The zero-order chi connectivity index (χ0) is 18.0. The summed E-state index contributed by atoms with van der Waals surface area (Å²) in [6, 6.07) is 2.84. The van der Waals surface area contributed by atoms with Crippen molar-refractivity contribution in [1.82, 2.24) is 10.3 Å². The highest BCUT2D eigenvalue weighted by Crippen LogP contribution is 2.26. The molecule has 2 N–H and O–H groups in total. The van der Waals surface area contributed by atoms with E-state index in [1.807, 2.05) is 0 Å². The van der Waals surface area contributed by atoms with Gasteiger partial charge in [-0.3, -0.25) is 4.79 Å². The number of rotatable bonds is 5. The largest absolute Gasteiger partial charge is 0.477 e. The van der Waals surface area contributed by atoms with Crippen LogP contribution in [-0.4, -0.2) is 22.0 Å². The van der Waals surface area contributed by atoms with Crippen molar-refractivity contribution in [2.45, 2.75) is 32.7 Å². The Hall–Kier alpha value is -2.35. The van der Waals surface area contributed by atoms with Crippen LogP contribution in [0.2, 0.25) is 0 Å². The van der Waals surface area contributed by atoms with Crippen molar-refractivity contribution in [3.63, 3.8) is 0 Å². The van der Waals surface area contributed by atoms with Crippen LogP contribution in [0.15, 0.2) is 18.2 Å². The number of aryl methyl sites for hydroxylation is 1. The zero-order valence-electron chi connectivity index (χ0n) is 13.3. The average Bonchev–Trinajstić information content (AvgIpc) is 2.89. The first-order valence-electron chi connectivity index (χ1n) is 7.17. The minimum atomic E-state index is -1.09. The SMILES string of the molecule is Cc1nc(C(C)NC(=O)C(C)c2c(F)cccc2F)sc1C(=O)O. The minimum absolute atomic E-state index is 0.0966. The van der Waals surface area contributed by atoms with E-state index in [2.05, 4.69) is 10.3 Å². The number of benzene rings is 1. The van der Waals surface area contributed by atoms with Gasteiger partial charge in [0.25, 0.3) is 0 Å². The third-order valence-electron chi connectivity index (χ3n) is 3.56. The Bertz CT molecular complexity index is 771. The Balaban J connectivity index is 2.17. The lowest BCUT2D eigenvalue weighted by molar-refractivity contribution is -0.123. The molecule has 5 nitrogen and oxygen atoms in total. The first kappa shape index (κ1) is 18.0. The summed E-state index contributed by atoms with van der Waals surface area (Å²) in [5.41, 5.74) is 0.0561. The van der Waals surface area contributed by atoms with Gasteiger partial charge in [-0.05, 0) is 32.9 Å². The molecule has 0 aliphatic carbocycles. The number of halogens is 2. The lowest BCUT2D eigenvalue weighted by atomic mass is 9.98. The maximum absolute atomic E-state index is 13.8. The molecule has 0 aliphatic heterocycles. The number of aromatic carboxylic acids is 1. The van der Waals surface area contributed by atoms with Gasteiger partial charge in [0.1, 0.15) is 21.5 Å². The predicted molar refractivity (Wildman–Crippen MR) is 85.1 cm³/mol. The average molecular weight is 354 g/mol. The molecule has 1 heterocycles. The van der Waals surface area contributed by atoms with Gasteiger partial charge in [0.05, 0.1) is 17.7 Å². The van der Waals surface area contributed by atoms with E-state index < -0.39 is 35.5 Å². The second kappa shape index (κ2) is 7.04. The highest BCUT2D eigenvalue weighted by Gasteiger charge is 2.25. The van der Waals surface area contributed by atoms with Gasteiger partial charge < -0.3 is 10.4 Å². The maximum atomic E-state index is 13.8. The quantitative estimate of drug-likeness (QED) is 0.862. The fourth-order valence-electron chi connectivity index (χ4n) is 2.26. The van der Waals surface area contributed by atoms with Crippen molar-refractivity contribution in [1.29, 1.82) is 0 Å². The number of carbonyl (C=O) groups excluding carboxylic acids is 1. The van der Waals surface area contributed by atoms with Gasteiger partial charge >= 0.3 is 5.97 Å². The summed E-state index contributed by atoms with van der Waals surface area (Å²) in [6.07, 6.45) is 0. The van der Waals surface area contributed by atoms with Gasteiger partial charge in [-0.25, -0.2) is 18.6 Å². The summed E-state index contributed by atoms with van der Waals surface area (Å²) >= 11 is 0.958. The second-order valence-electron chi connectivity index (χ2n) is 5.36. The van der Waals surface area contributed by atoms with E-state index in [1.165, 1.54) is 13.0 Å². The highest BCUT2D eigenvalue weighted by molar-refractivity contribution is 7.13. The Morgan fingerprint density at radius 3 is 2.33 bits per heavy atom. The molecule has 0 saturated heterocycles. The van der Waals surface area contributed by atoms with Crippen molar-refractivity contribution in [2.75, 3.05) is 0 Å². The first-order chi connectivity index (χ1) is 11.2. The number of carboxylic acid groups (broad SMARTS) is 1. The molecule has 0 spiro atoms. The molecule has 2 atom stereocenters. The molecule has 2 unspecified atom stereocenters. The Labute approximate surface area is 141 Å². The molecule has 2 aromatic rings. The van der Waals surface area contributed by atoms with Crippen molar-refractivity contribution < 1.29 is 23.5 Å². The molecule has 1 amide bonds. The number of thiazole rings is 1. The normalized spacial score (nSPS) is 13.4. The summed E-state index contributed by atoms with van der Waals surface area (Å²) in [7, 11) is 0. The number of hydrogen-bond acceptors (Lipinski definition) is 4. The summed E-state index contributed by atoms with van der Waals surface area (Å²) in [4.78, 5) is 27.5. The molecule has 1 aromatic heterocycles. The zero-order valence-corrected chi connectivity index (χ0v) is 14.1. The van der Waals surface area contributed by atoms with Crippen LogP contribution in [0.25, 0.3) is 0 Å². The third-order valence-corrected chi connectivity index (χ3v) is 4.89. The molecule has 0 aliphatic rings. The molecule has 8 heteroatoms. The van der Waals surface area contributed by atoms with Crippen LogP contribution in [-0.2, 0) is 4.79 Å². The van der Waals surface area contributed by atoms with E-state index >= 15 is 0 Å². The molecule has 24 heavy (non-hydrogen) atoms. The van der Waals surface area contributed by atoms with E-state index in [-0.39, 0.29) is 10.4 Å². The lowest BCUT2D eigenvalue weighted by Gasteiger charge is -2.17. The van der Waals surface area contributed by atoms with Crippen molar-refractivity contribution in [2.24, 2.45) is 0 Å². The minimum Gasteiger partial charge on any atom is -0.477 e. The summed E-state index contributed by atoms with van der Waals surface area (Å²) in [6.45, 7) is 4.60. The van der Waals surface area contributed by atoms with Crippen LogP contribution in [0, 0.1) is 18.6 Å². The predicted octanol–water partition coefficient (Wildman–Crippen LogP) is 3.41. The number of nitrogens with zero attached hydrogens (tertiary/aromatic N) is 1. The van der Waals surface area contributed by atoms with Crippen LogP contribution in [0.3, 0.4) is 0 Å². The standard InChI is InChI=1S/C16H16F2N2O3S/c1-7(12-10(17)5-4-6-11(12)18)14(21)19-9(3)15-20-8(2)13(24-15)16(22)23/h4-7,9H,1-3H3,(H,19,21)(H,22,23). The van der Waals surface area contributed by atoms with E-state index in [1.54, 1.807) is 13.8 Å². The second-order valence-corrected chi connectivity index (χ2v) is 6.39. The van der Waals surface area contributed by atoms with Gasteiger partial charge in [-0.15, -0.1) is 11.3 Å². The topological polar surface area (TPSA) is 79.3 Å². The molecule has 0 radical (unpaired) electrons.